The lowest BCUT2D eigenvalue weighted by molar-refractivity contribution is 0.445. The van der Waals surface area contributed by atoms with E-state index in [0.29, 0.717) is 17.3 Å². The monoisotopic (exact) mass is 187 g/mol. The molecule has 3 nitrogen and oxygen atoms in total. The van der Waals surface area contributed by atoms with Gasteiger partial charge in [0.2, 0.25) is 0 Å². The Bertz CT molecular complexity index is 375. The molecule has 0 aromatic heterocycles. The fourth-order valence-electron chi connectivity index (χ4n) is 1.55. The van der Waals surface area contributed by atoms with E-state index in [1.807, 2.05) is 12.1 Å². The Morgan fingerprint density at radius 1 is 1.43 bits per heavy atom. The molecule has 72 valence electrons. The van der Waals surface area contributed by atoms with E-state index >= 15 is 0 Å². The van der Waals surface area contributed by atoms with Gasteiger partial charge in [-0.05, 0) is 37.5 Å². The van der Waals surface area contributed by atoms with Crippen LogP contribution in [-0.2, 0) is 0 Å². The molecule has 3 heteroatoms. The predicted octanol–water partition coefficient (Wildman–Crippen LogP) is 2.10. The lowest BCUT2D eigenvalue weighted by Gasteiger charge is -2.27. The third-order valence-electron chi connectivity index (χ3n) is 2.63. The second-order valence-corrected chi connectivity index (χ2v) is 3.69. The summed E-state index contributed by atoms with van der Waals surface area (Å²) in [7, 11) is 0. The molecule has 1 aromatic rings. The highest BCUT2D eigenvalue weighted by atomic mass is 14.9. The average molecular weight is 187 g/mol. The quantitative estimate of drug-likeness (QED) is 0.697. The molecule has 1 aliphatic carbocycles. The first-order chi connectivity index (χ1) is 6.79. The van der Waals surface area contributed by atoms with Gasteiger partial charge >= 0.3 is 0 Å². The first-order valence-corrected chi connectivity index (χ1v) is 4.86. The lowest BCUT2D eigenvalue weighted by Crippen LogP contribution is -2.27. The normalized spacial score (nSPS) is 15.6. The molecule has 0 atom stereocenters. The minimum absolute atomic E-state index is 0.547. The van der Waals surface area contributed by atoms with E-state index < -0.39 is 0 Å². The molecule has 0 heterocycles. The second kappa shape index (κ2) is 3.59. The van der Waals surface area contributed by atoms with Crippen molar-refractivity contribution in [2.75, 3.05) is 11.1 Å². The van der Waals surface area contributed by atoms with Crippen LogP contribution < -0.4 is 11.1 Å². The Labute approximate surface area is 83.5 Å². The van der Waals surface area contributed by atoms with E-state index in [1.165, 1.54) is 19.3 Å². The van der Waals surface area contributed by atoms with Crippen molar-refractivity contribution in [2.24, 2.45) is 0 Å². The molecule has 0 unspecified atom stereocenters. The average Bonchev–Trinajstić information content (AvgIpc) is 2.13. The van der Waals surface area contributed by atoms with Gasteiger partial charge in [0.1, 0.15) is 6.07 Å². The lowest BCUT2D eigenvalue weighted by atomic mass is 9.92. The van der Waals surface area contributed by atoms with Gasteiger partial charge in [-0.15, -0.1) is 0 Å². The van der Waals surface area contributed by atoms with Gasteiger partial charge < -0.3 is 11.1 Å². The maximum atomic E-state index is 8.90. The second-order valence-electron chi connectivity index (χ2n) is 3.69. The van der Waals surface area contributed by atoms with Crippen LogP contribution >= 0.6 is 0 Å². The number of benzene rings is 1. The summed E-state index contributed by atoms with van der Waals surface area (Å²) in [6.07, 6.45) is 3.69. The summed E-state index contributed by atoms with van der Waals surface area (Å²) >= 11 is 0. The van der Waals surface area contributed by atoms with Crippen LogP contribution in [0.5, 0.6) is 0 Å². The number of nitriles is 1. The van der Waals surface area contributed by atoms with E-state index in [4.69, 9.17) is 11.0 Å². The number of nitrogens with one attached hydrogen (secondary N) is 1. The molecule has 14 heavy (non-hydrogen) atoms. The first kappa shape index (κ1) is 8.89. The molecule has 0 radical (unpaired) electrons. The van der Waals surface area contributed by atoms with Crippen molar-refractivity contribution in [3.05, 3.63) is 23.8 Å². The third-order valence-corrected chi connectivity index (χ3v) is 2.63. The van der Waals surface area contributed by atoms with Crippen LogP contribution in [0.15, 0.2) is 18.2 Å². The topological polar surface area (TPSA) is 61.8 Å². The van der Waals surface area contributed by atoms with Crippen LogP contribution in [-0.4, -0.2) is 6.04 Å². The standard InChI is InChI=1S/C11H13N3/c12-7-8-6-9(13)4-5-11(8)14-10-2-1-3-10/h4-6,10,14H,1-3,13H2. The molecule has 0 bridgehead atoms. The zero-order valence-corrected chi connectivity index (χ0v) is 7.96. The predicted molar refractivity (Wildman–Crippen MR) is 56.8 cm³/mol. The molecule has 2 rings (SSSR count). The van der Waals surface area contributed by atoms with Gasteiger partial charge in [-0.3, -0.25) is 0 Å². The Kier molecular flexibility index (Phi) is 2.28. The summed E-state index contributed by atoms with van der Waals surface area (Å²) in [5, 5.41) is 12.2. The van der Waals surface area contributed by atoms with Crippen LogP contribution in [0.25, 0.3) is 0 Å². The van der Waals surface area contributed by atoms with Crippen molar-refractivity contribution in [3.63, 3.8) is 0 Å². The van der Waals surface area contributed by atoms with Gasteiger partial charge in [-0.25, -0.2) is 0 Å². The summed E-state index contributed by atoms with van der Waals surface area (Å²) in [4.78, 5) is 0. The molecule has 1 saturated carbocycles. The number of hydrogen-bond acceptors (Lipinski definition) is 3. The van der Waals surface area contributed by atoms with Gasteiger partial charge in [0.25, 0.3) is 0 Å². The number of rotatable bonds is 2. The highest BCUT2D eigenvalue weighted by Gasteiger charge is 2.17. The number of nitrogens with two attached hydrogens (primary N) is 1. The smallest absolute Gasteiger partial charge is 0.101 e. The van der Waals surface area contributed by atoms with Crippen molar-refractivity contribution >= 4 is 11.4 Å². The minimum Gasteiger partial charge on any atom is -0.399 e. The Morgan fingerprint density at radius 2 is 2.21 bits per heavy atom. The molecule has 0 saturated heterocycles. The van der Waals surface area contributed by atoms with E-state index in [1.54, 1.807) is 6.07 Å². The molecule has 0 aliphatic heterocycles. The first-order valence-electron chi connectivity index (χ1n) is 4.86. The zero-order chi connectivity index (χ0) is 9.97. The Hall–Kier alpha value is -1.69. The summed E-state index contributed by atoms with van der Waals surface area (Å²) in [5.41, 5.74) is 7.79. The van der Waals surface area contributed by atoms with Crippen LogP contribution in [0.2, 0.25) is 0 Å². The third kappa shape index (κ3) is 1.64. The molecule has 1 aliphatic rings. The van der Waals surface area contributed by atoms with Crippen molar-refractivity contribution in [3.8, 4) is 6.07 Å². The molecule has 3 N–H and O–H groups in total. The Morgan fingerprint density at radius 3 is 2.79 bits per heavy atom. The van der Waals surface area contributed by atoms with E-state index in [0.717, 1.165) is 5.69 Å². The van der Waals surface area contributed by atoms with Gasteiger partial charge in [0.15, 0.2) is 0 Å². The van der Waals surface area contributed by atoms with Crippen LogP contribution in [0.3, 0.4) is 0 Å². The fraction of sp³-hybridized carbons (Fsp3) is 0.364. The maximum Gasteiger partial charge on any atom is 0.101 e. The number of hydrogen-bond donors (Lipinski definition) is 2. The summed E-state index contributed by atoms with van der Waals surface area (Å²) in [5.74, 6) is 0. The molecular formula is C11H13N3. The van der Waals surface area contributed by atoms with Crippen LogP contribution in [0.1, 0.15) is 24.8 Å². The van der Waals surface area contributed by atoms with Gasteiger partial charge in [0.05, 0.1) is 11.3 Å². The molecule has 1 fully saturated rings. The number of nitrogen functional groups attached to an aromatic ring is 1. The number of anilines is 2. The van der Waals surface area contributed by atoms with E-state index in [2.05, 4.69) is 11.4 Å². The summed E-state index contributed by atoms with van der Waals surface area (Å²) in [6.45, 7) is 0. The molecular weight excluding hydrogens is 174 g/mol. The van der Waals surface area contributed by atoms with Crippen LogP contribution in [0.4, 0.5) is 11.4 Å². The summed E-state index contributed by atoms with van der Waals surface area (Å²) < 4.78 is 0. The zero-order valence-electron chi connectivity index (χ0n) is 7.96. The van der Waals surface area contributed by atoms with Crippen LogP contribution in [0, 0.1) is 11.3 Å². The van der Waals surface area contributed by atoms with Gasteiger partial charge in [-0.2, -0.15) is 5.26 Å². The van der Waals surface area contributed by atoms with Crippen molar-refractivity contribution < 1.29 is 0 Å². The largest absolute Gasteiger partial charge is 0.399 e. The molecule has 0 amide bonds. The van der Waals surface area contributed by atoms with Crippen molar-refractivity contribution in [1.82, 2.24) is 0 Å². The number of nitrogens with zero attached hydrogens (tertiary/aromatic N) is 1. The van der Waals surface area contributed by atoms with Gasteiger partial charge in [-0.1, -0.05) is 0 Å². The SMILES string of the molecule is N#Cc1cc(N)ccc1NC1CCC1. The molecule has 0 spiro atoms. The van der Waals surface area contributed by atoms with Crippen molar-refractivity contribution in [1.29, 1.82) is 5.26 Å². The van der Waals surface area contributed by atoms with E-state index in [9.17, 15) is 0 Å². The summed E-state index contributed by atoms with van der Waals surface area (Å²) in [6, 6.07) is 8.11. The van der Waals surface area contributed by atoms with Crippen molar-refractivity contribution in [2.45, 2.75) is 25.3 Å². The maximum absolute atomic E-state index is 8.90. The highest BCUT2D eigenvalue weighted by molar-refractivity contribution is 5.63. The Balaban J connectivity index is 2.19. The van der Waals surface area contributed by atoms with Gasteiger partial charge in [0, 0.05) is 11.7 Å². The highest BCUT2D eigenvalue weighted by Crippen LogP contribution is 2.25. The van der Waals surface area contributed by atoms with E-state index in [-0.39, 0.29) is 0 Å². The minimum atomic E-state index is 0.547. The fourth-order valence-corrected chi connectivity index (χ4v) is 1.55. The molecule has 1 aromatic carbocycles.